The second kappa shape index (κ2) is 8.45. The molecule has 126 valence electrons. The van der Waals surface area contributed by atoms with Crippen LogP contribution < -0.4 is 15.5 Å². The molecule has 1 atom stereocenters. The van der Waals surface area contributed by atoms with E-state index < -0.39 is 0 Å². The average molecular weight is 324 g/mol. The molecule has 2 heterocycles. The number of hydrogen-bond acceptors (Lipinski definition) is 4. The van der Waals surface area contributed by atoms with Crippen molar-refractivity contribution in [1.29, 1.82) is 0 Å². The van der Waals surface area contributed by atoms with E-state index in [1.165, 1.54) is 0 Å². The van der Waals surface area contributed by atoms with Gasteiger partial charge in [0.05, 0.1) is 6.54 Å². The van der Waals surface area contributed by atoms with Crippen molar-refractivity contribution in [2.75, 3.05) is 24.5 Å². The quantitative estimate of drug-likeness (QED) is 0.853. The van der Waals surface area contributed by atoms with Crippen molar-refractivity contribution in [3.8, 4) is 0 Å². The number of nitrogens with zero attached hydrogens (tertiary/aromatic N) is 2. The first kappa shape index (κ1) is 16.5. The predicted octanol–water partition coefficient (Wildman–Crippen LogP) is 1.96. The van der Waals surface area contributed by atoms with E-state index in [0.29, 0.717) is 13.1 Å². The van der Waals surface area contributed by atoms with Gasteiger partial charge in [-0.1, -0.05) is 24.3 Å². The van der Waals surface area contributed by atoms with Gasteiger partial charge in [-0.3, -0.25) is 9.78 Å². The third-order valence-electron chi connectivity index (χ3n) is 4.21. The van der Waals surface area contributed by atoms with Crippen LogP contribution in [0.4, 0.5) is 5.69 Å². The summed E-state index contributed by atoms with van der Waals surface area (Å²) in [5, 5.41) is 6.47. The van der Waals surface area contributed by atoms with Crippen LogP contribution in [0.15, 0.2) is 54.9 Å². The molecule has 0 bridgehead atoms. The molecule has 0 spiro atoms. The Balaban J connectivity index is 1.66. The predicted molar refractivity (Wildman–Crippen MR) is 95.8 cm³/mol. The average Bonchev–Trinajstić information content (AvgIpc) is 2.63. The zero-order valence-electron chi connectivity index (χ0n) is 13.8. The highest BCUT2D eigenvalue weighted by Crippen LogP contribution is 2.16. The Morgan fingerprint density at radius 2 is 2.12 bits per heavy atom. The number of pyridine rings is 1. The molecule has 3 rings (SSSR count). The summed E-state index contributed by atoms with van der Waals surface area (Å²) in [6.07, 6.45) is 5.77. The van der Waals surface area contributed by atoms with Crippen molar-refractivity contribution >= 4 is 11.6 Å². The Bertz CT molecular complexity index is 626. The molecule has 0 aliphatic carbocycles. The number of aromatic nitrogens is 1. The van der Waals surface area contributed by atoms with E-state index in [0.717, 1.165) is 37.2 Å². The number of piperidine rings is 1. The fraction of sp³-hybridized carbons (Fsp3) is 0.368. The summed E-state index contributed by atoms with van der Waals surface area (Å²) < 4.78 is 0. The summed E-state index contributed by atoms with van der Waals surface area (Å²) >= 11 is 0. The Labute approximate surface area is 143 Å². The van der Waals surface area contributed by atoms with Gasteiger partial charge < -0.3 is 15.5 Å². The molecule has 1 fully saturated rings. The van der Waals surface area contributed by atoms with E-state index in [4.69, 9.17) is 0 Å². The molecule has 24 heavy (non-hydrogen) atoms. The van der Waals surface area contributed by atoms with E-state index in [9.17, 15) is 4.79 Å². The molecule has 5 nitrogen and oxygen atoms in total. The Kier molecular flexibility index (Phi) is 5.80. The smallest absolute Gasteiger partial charge is 0.239 e. The number of anilines is 1. The van der Waals surface area contributed by atoms with Gasteiger partial charge in [-0.25, -0.2) is 0 Å². The molecule has 0 unspecified atom stereocenters. The first-order chi connectivity index (χ1) is 11.8. The highest BCUT2D eigenvalue weighted by atomic mass is 16.2. The summed E-state index contributed by atoms with van der Waals surface area (Å²) in [4.78, 5) is 18.7. The number of amides is 1. The maximum atomic E-state index is 12.5. The SMILES string of the molecule is O=C(CN(Cc1cccnc1)c1ccccc1)N[C@H]1CCCNC1. The second-order valence-corrected chi connectivity index (χ2v) is 6.16. The summed E-state index contributed by atoms with van der Waals surface area (Å²) in [6.45, 7) is 2.91. The normalized spacial score (nSPS) is 17.2. The molecule has 5 heteroatoms. The minimum atomic E-state index is 0.0662. The van der Waals surface area contributed by atoms with Crippen molar-refractivity contribution in [2.24, 2.45) is 0 Å². The van der Waals surface area contributed by atoms with Gasteiger partial charge in [-0.15, -0.1) is 0 Å². The van der Waals surface area contributed by atoms with E-state index in [2.05, 4.69) is 20.5 Å². The Morgan fingerprint density at radius 1 is 1.25 bits per heavy atom. The van der Waals surface area contributed by atoms with Crippen LogP contribution in [0, 0.1) is 0 Å². The van der Waals surface area contributed by atoms with Crippen LogP contribution in [0.5, 0.6) is 0 Å². The number of benzene rings is 1. The highest BCUT2D eigenvalue weighted by molar-refractivity contribution is 5.81. The van der Waals surface area contributed by atoms with Gasteiger partial charge in [0.1, 0.15) is 0 Å². The lowest BCUT2D eigenvalue weighted by molar-refractivity contribution is -0.120. The third kappa shape index (κ3) is 4.80. The van der Waals surface area contributed by atoms with Crippen molar-refractivity contribution in [1.82, 2.24) is 15.6 Å². The van der Waals surface area contributed by atoms with Crippen LogP contribution in [-0.2, 0) is 11.3 Å². The van der Waals surface area contributed by atoms with Crippen LogP contribution in [0.25, 0.3) is 0 Å². The summed E-state index contributed by atoms with van der Waals surface area (Å²) in [5.41, 5.74) is 2.13. The first-order valence-corrected chi connectivity index (χ1v) is 8.50. The maximum Gasteiger partial charge on any atom is 0.239 e. The highest BCUT2D eigenvalue weighted by Gasteiger charge is 2.18. The summed E-state index contributed by atoms with van der Waals surface area (Å²) in [7, 11) is 0. The number of carbonyl (C=O) groups excluding carboxylic acids is 1. The zero-order chi connectivity index (χ0) is 16.6. The number of nitrogens with one attached hydrogen (secondary N) is 2. The fourth-order valence-electron chi connectivity index (χ4n) is 3.01. The minimum absolute atomic E-state index is 0.0662. The molecule has 2 aromatic rings. The van der Waals surface area contributed by atoms with Gasteiger partial charge in [-0.2, -0.15) is 0 Å². The molecule has 1 aromatic heterocycles. The third-order valence-corrected chi connectivity index (χ3v) is 4.21. The second-order valence-electron chi connectivity index (χ2n) is 6.16. The van der Waals surface area contributed by atoms with Crippen LogP contribution >= 0.6 is 0 Å². The van der Waals surface area contributed by atoms with Gasteiger partial charge in [0.2, 0.25) is 5.91 Å². The van der Waals surface area contributed by atoms with Crippen LogP contribution in [0.2, 0.25) is 0 Å². The lowest BCUT2D eigenvalue weighted by Crippen LogP contribution is -2.48. The van der Waals surface area contributed by atoms with Crippen LogP contribution in [-0.4, -0.2) is 36.6 Å². The first-order valence-electron chi connectivity index (χ1n) is 8.50. The molecule has 1 saturated heterocycles. The largest absolute Gasteiger partial charge is 0.358 e. The fourth-order valence-corrected chi connectivity index (χ4v) is 3.01. The lowest BCUT2D eigenvalue weighted by Gasteiger charge is -2.27. The van der Waals surface area contributed by atoms with Crippen molar-refractivity contribution in [3.63, 3.8) is 0 Å². The number of carbonyl (C=O) groups is 1. The molecular weight excluding hydrogens is 300 g/mol. The van der Waals surface area contributed by atoms with Crippen molar-refractivity contribution < 1.29 is 4.79 Å². The molecule has 2 N–H and O–H groups in total. The van der Waals surface area contributed by atoms with Gasteiger partial charge in [-0.05, 0) is 43.1 Å². The summed E-state index contributed by atoms with van der Waals surface area (Å²) in [5.74, 6) is 0.0662. The topological polar surface area (TPSA) is 57.3 Å². The molecule has 1 aliphatic heterocycles. The van der Waals surface area contributed by atoms with Crippen LogP contribution in [0.1, 0.15) is 18.4 Å². The van der Waals surface area contributed by atoms with E-state index >= 15 is 0 Å². The van der Waals surface area contributed by atoms with E-state index in [-0.39, 0.29) is 11.9 Å². The van der Waals surface area contributed by atoms with E-state index in [1.807, 2.05) is 48.7 Å². The zero-order valence-corrected chi connectivity index (χ0v) is 13.8. The van der Waals surface area contributed by atoms with Crippen LogP contribution in [0.3, 0.4) is 0 Å². The molecule has 1 aliphatic rings. The van der Waals surface area contributed by atoms with Gasteiger partial charge >= 0.3 is 0 Å². The molecule has 1 aromatic carbocycles. The van der Waals surface area contributed by atoms with Crippen molar-refractivity contribution in [2.45, 2.75) is 25.4 Å². The van der Waals surface area contributed by atoms with Gasteiger partial charge in [0.15, 0.2) is 0 Å². The lowest BCUT2D eigenvalue weighted by atomic mass is 10.1. The van der Waals surface area contributed by atoms with Crippen molar-refractivity contribution in [3.05, 3.63) is 60.4 Å². The minimum Gasteiger partial charge on any atom is -0.358 e. The van der Waals surface area contributed by atoms with E-state index in [1.54, 1.807) is 6.20 Å². The molecular formula is C19H24N4O. The maximum absolute atomic E-state index is 12.5. The number of para-hydroxylation sites is 1. The monoisotopic (exact) mass is 324 g/mol. The van der Waals surface area contributed by atoms with Gasteiger partial charge in [0.25, 0.3) is 0 Å². The Hall–Kier alpha value is -2.40. The Morgan fingerprint density at radius 3 is 2.83 bits per heavy atom. The number of hydrogen-bond donors (Lipinski definition) is 2. The standard InChI is InChI=1S/C19H24N4O/c24-19(22-17-7-5-11-21-13-17)15-23(18-8-2-1-3-9-18)14-16-6-4-10-20-12-16/h1-4,6,8-10,12,17,21H,5,7,11,13-15H2,(H,22,24)/t17-/m0/s1. The summed E-state index contributed by atoms with van der Waals surface area (Å²) in [6, 6.07) is 14.2. The number of rotatable bonds is 6. The van der Waals surface area contributed by atoms with Gasteiger partial charge in [0, 0.05) is 37.2 Å². The molecule has 0 radical (unpaired) electrons. The molecule has 0 saturated carbocycles. The molecule has 1 amide bonds.